The number of hydrogen-bond acceptors (Lipinski definition) is 6. The van der Waals surface area contributed by atoms with Gasteiger partial charge < -0.3 is 22.1 Å². The van der Waals surface area contributed by atoms with E-state index in [4.69, 9.17) is 11.5 Å². The van der Waals surface area contributed by atoms with E-state index in [0.29, 0.717) is 22.5 Å². The van der Waals surface area contributed by atoms with E-state index in [0.717, 1.165) is 0 Å². The Hall–Kier alpha value is -3.07. The van der Waals surface area contributed by atoms with Crippen LogP contribution in [-0.4, -0.2) is 20.2 Å². The van der Waals surface area contributed by atoms with Crippen molar-refractivity contribution in [3.8, 4) is 0 Å². The summed E-state index contributed by atoms with van der Waals surface area (Å²) >= 11 is 0. The van der Waals surface area contributed by atoms with Gasteiger partial charge in [-0.1, -0.05) is 12.1 Å². The predicted octanol–water partition coefficient (Wildman–Crippen LogP) is 1.88. The summed E-state index contributed by atoms with van der Waals surface area (Å²) in [6, 6.07) is 9.37. The first-order valence-electron chi connectivity index (χ1n) is 8.08. The molecule has 0 bridgehead atoms. The molecule has 0 fully saturated rings. The van der Waals surface area contributed by atoms with Crippen LogP contribution in [0, 0.1) is 0 Å². The number of amides is 2. The van der Waals surface area contributed by atoms with Gasteiger partial charge in [0.2, 0.25) is 11.8 Å². The molecule has 0 heterocycles. The Morgan fingerprint density at radius 3 is 1.48 bits per heavy atom. The normalized spacial score (nSPS) is 11.0. The topological polar surface area (TPSA) is 144 Å². The van der Waals surface area contributed by atoms with Crippen LogP contribution in [0.5, 0.6) is 0 Å². The average Bonchev–Trinajstić information content (AvgIpc) is 2.51. The van der Waals surface area contributed by atoms with Gasteiger partial charge in [0.05, 0.1) is 11.5 Å². The molecule has 0 saturated carbocycles. The SMILES string of the molecule is CC(=O)Nc1ccc(CS(=O)(=O)Cc2ccc(NC(C)=O)cc2N)c(N)c1. The van der Waals surface area contributed by atoms with E-state index in [9.17, 15) is 18.0 Å². The maximum absolute atomic E-state index is 12.5. The van der Waals surface area contributed by atoms with Crippen LogP contribution in [0.15, 0.2) is 36.4 Å². The van der Waals surface area contributed by atoms with Crippen molar-refractivity contribution in [1.29, 1.82) is 0 Å². The summed E-state index contributed by atoms with van der Waals surface area (Å²) in [5.41, 5.74) is 14.3. The summed E-state index contributed by atoms with van der Waals surface area (Å²) in [4.78, 5) is 22.1. The third-order valence-corrected chi connectivity index (χ3v) is 5.18. The highest BCUT2D eigenvalue weighted by Gasteiger charge is 2.17. The lowest BCUT2D eigenvalue weighted by Gasteiger charge is -2.12. The number of rotatable bonds is 6. The molecule has 9 heteroatoms. The van der Waals surface area contributed by atoms with E-state index in [1.165, 1.54) is 26.0 Å². The summed E-state index contributed by atoms with van der Waals surface area (Å²) in [5, 5.41) is 5.17. The molecule has 144 valence electrons. The zero-order valence-corrected chi connectivity index (χ0v) is 15.9. The number of nitrogens with two attached hydrogens (primary N) is 2. The molecular weight excluding hydrogens is 368 g/mol. The third-order valence-electron chi connectivity index (χ3n) is 3.68. The lowest BCUT2D eigenvalue weighted by atomic mass is 10.2. The highest BCUT2D eigenvalue weighted by atomic mass is 32.2. The van der Waals surface area contributed by atoms with Gasteiger partial charge in [-0.25, -0.2) is 8.42 Å². The van der Waals surface area contributed by atoms with Crippen LogP contribution in [-0.2, 0) is 30.9 Å². The van der Waals surface area contributed by atoms with Crippen molar-refractivity contribution in [2.45, 2.75) is 25.4 Å². The molecule has 27 heavy (non-hydrogen) atoms. The molecule has 0 aliphatic carbocycles. The molecule has 0 aromatic heterocycles. The molecule has 0 saturated heterocycles. The molecular formula is C18H22N4O4S. The minimum Gasteiger partial charge on any atom is -0.398 e. The van der Waals surface area contributed by atoms with E-state index >= 15 is 0 Å². The van der Waals surface area contributed by atoms with Crippen molar-refractivity contribution in [3.05, 3.63) is 47.5 Å². The van der Waals surface area contributed by atoms with Crippen molar-refractivity contribution in [3.63, 3.8) is 0 Å². The second-order valence-corrected chi connectivity index (χ2v) is 8.29. The number of anilines is 4. The summed E-state index contributed by atoms with van der Waals surface area (Å²) in [6.07, 6.45) is 0. The molecule has 0 unspecified atom stereocenters. The van der Waals surface area contributed by atoms with E-state index in [2.05, 4.69) is 10.6 Å². The Kier molecular flexibility index (Phi) is 6.06. The molecule has 2 aromatic carbocycles. The average molecular weight is 390 g/mol. The Morgan fingerprint density at radius 2 is 1.19 bits per heavy atom. The number of carbonyl (C=O) groups excluding carboxylic acids is 2. The van der Waals surface area contributed by atoms with Crippen molar-refractivity contribution in [2.75, 3.05) is 22.1 Å². The predicted molar refractivity (Wildman–Crippen MR) is 107 cm³/mol. The summed E-state index contributed by atoms with van der Waals surface area (Å²) < 4.78 is 25.1. The van der Waals surface area contributed by atoms with Gasteiger partial charge in [0.15, 0.2) is 9.84 Å². The lowest BCUT2D eigenvalue weighted by molar-refractivity contribution is -0.115. The molecule has 0 radical (unpaired) electrons. The molecule has 8 nitrogen and oxygen atoms in total. The number of benzene rings is 2. The Morgan fingerprint density at radius 1 is 0.815 bits per heavy atom. The summed E-state index contributed by atoms with van der Waals surface area (Å²) in [6.45, 7) is 2.74. The van der Waals surface area contributed by atoms with Crippen LogP contribution in [0.2, 0.25) is 0 Å². The molecule has 2 aromatic rings. The number of nitrogens with one attached hydrogen (secondary N) is 2. The number of nitrogen functional groups attached to an aromatic ring is 2. The molecule has 0 atom stereocenters. The highest BCUT2D eigenvalue weighted by molar-refractivity contribution is 7.89. The van der Waals surface area contributed by atoms with E-state index in [1.807, 2.05) is 0 Å². The molecule has 2 rings (SSSR count). The largest absolute Gasteiger partial charge is 0.398 e. The minimum atomic E-state index is -3.54. The first kappa shape index (κ1) is 20.2. The van der Waals surface area contributed by atoms with Crippen LogP contribution in [0.4, 0.5) is 22.7 Å². The van der Waals surface area contributed by atoms with Gasteiger partial charge in [-0.05, 0) is 35.4 Å². The van der Waals surface area contributed by atoms with Gasteiger partial charge >= 0.3 is 0 Å². The smallest absolute Gasteiger partial charge is 0.221 e. The lowest BCUT2D eigenvalue weighted by Crippen LogP contribution is -2.12. The second kappa shape index (κ2) is 8.09. The van der Waals surface area contributed by atoms with Gasteiger partial charge in [0.1, 0.15) is 0 Å². The van der Waals surface area contributed by atoms with Gasteiger partial charge in [0.25, 0.3) is 0 Å². The third kappa shape index (κ3) is 6.00. The quantitative estimate of drug-likeness (QED) is 0.554. The van der Waals surface area contributed by atoms with Crippen LogP contribution < -0.4 is 22.1 Å². The molecule has 2 amide bonds. The van der Waals surface area contributed by atoms with Crippen molar-refractivity contribution in [2.24, 2.45) is 0 Å². The maximum Gasteiger partial charge on any atom is 0.221 e. The first-order chi connectivity index (χ1) is 12.6. The Balaban J connectivity index is 2.15. The Bertz CT molecular complexity index is 913. The van der Waals surface area contributed by atoms with Crippen LogP contribution >= 0.6 is 0 Å². The Labute approximate surface area is 157 Å². The van der Waals surface area contributed by atoms with Crippen molar-refractivity contribution >= 4 is 44.4 Å². The molecule has 0 spiro atoms. The number of sulfone groups is 1. The summed E-state index contributed by atoms with van der Waals surface area (Å²) in [7, 11) is -3.54. The van der Waals surface area contributed by atoms with Crippen LogP contribution in [0.25, 0.3) is 0 Å². The molecule has 0 aliphatic rings. The van der Waals surface area contributed by atoms with Crippen LogP contribution in [0.3, 0.4) is 0 Å². The number of carbonyl (C=O) groups is 2. The van der Waals surface area contributed by atoms with E-state index < -0.39 is 9.84 Å². The van der Waals surface area contributed by atoms with Gasteiger partial charge in [-0.3, -0.25) is 9.59 Å². The molecule has 6 N–H and O–H groups in total. The van der Waals surface area contributed by atoms with Gasteiger partial charge in [0, 0.05) is 36.6 Å². The van der Waals surface area contributed by atoms with Crippen molar-refractivity contribution in [1.82, 2.24) is 0 Å². The first-order valence-corrected chi connectivity index (χ1v) is 9.90. The van der Waals surface area contributed by atoms with Gasteiger partial charge in [-0.2, -0.15) is 0 Å². The second-order valence-electron chi connectivity index (χ2n) is 6.22. The fraction of sp³-hybridized carbons (Fsp3) is 0.222. The standard InChI is InChI=1S/C18H22N4O4S/c1-11(23)21-15-5-3-13(17(19)7-15)9-27(25,26)10-14-4-6-16(8-18(14)20)22-12(2)24/h3-8H,9-10,19-20H2,1-2H3,(H,21,23)(H,22,24). The monoisotopic (exact) mass is 390 g/mol. The fourth-order valence-electron chi connectivity index (χ4n) is 2.54. The van der Waals surface area contributed by atoms with E-state index in [1.54, 1.807) is 24.3 Å². The zero-order valence-electron chi connectivity index (χ0n) is 15.1. The minimum absolute atomic E-state index is 0.243. The maximum atomic E-state index is 12.5. The van der Waals surface area contributed by atoms with Gasteiger partial charge in [-0.15, -0.1) is 0 Å². The van der Waals surface area contributed by atoms with Crippen molar-refractivity contribution < 1.29 is 18.0 Å². The number of hydrogen-bond donors (Lipinski definition) is 4. The highest BCUT2D eigenvalue weighted by Crippen LogP contribution is 2.24. The van der Waals surface area contributed by atoms with Crippen LogP contribution in [0.1, 0.15) is 25.0 Å². The van der Waals surface area contributed by atoms with E-state index in [-0.39, 0.29) is 34.7 Å². The zero-order chi connectivity index (χ0) is 20.2. The summed E-state index contributed by atoms with van der Waals surface area (Å²) in [5.74, 6) is -1.00. The fourth-order valence-corrected chi connectivity index (χ4v) is 4.12. The molecule has 0 aliphatic heterocycles.